The van der Waals surface area contributed by atoms with E-state index in [-0.39, 0.29) is 23.3 Å². The minimum Gasteiger partial charge on any atom is -0.479 e. The SMILES string of the molecule is Cc1ccc(NC(=O)[C@@H]2CCCN(S(=O)(=O)c3cc4c(cc3C)NC(=O)[C@@H](C)O4)C2)c(C)c1. The van der Waals surface area contributed by atoms with Crippen LogP contribution in [0.1, 0.15) is 36.5 Å². The standard InChI is InChI=1S/C24H29N3O5S/c1-14-7-8-19(15(2)10-14)25-24(29)18-6-5-9-27(13-18)33(30,31)22-12-21-20(11-16(22)3)26-23(28)17(4)32-21/h7-8,10-12,17-18H,5-6,9,13H2,1-4H3,(H,25,29)(H,26,28)/t17-,18-/m1/s1. The number of nitrogens with one attached hydrogen (secondary N) is 2. The monoisotopic (exact) mass is 471 g/mol. The predicted molar refractivity (Wildman–Crippen MR) is 126 cm³/mol. The van der Waals surface area contributed by atoms with Gasteiger partial charge in [-0.1, -0.05) is 17.7 Å². The Kier molecular flexibility index (Phi) is 6.20. The van der Waals surface area contributed by atoms with Gasteiger partial charge < -0.3 is 15.4 Å². The summed E-state index contributed by atoms with van der Waals surface area (Å²) in [6, 6.07) is 8.88. The van der Waals surface area contributed by atoms with Gasteiger partial charge in [-0.15, -0.1) is 0 Å². The number of benzene rings is 2. The highest BCUT2D eigenvalue weighted by Crippen LogP contribution is 2.36. The number of hydrogen-bond acceptors (Lipinski definition) is 5. The molecule has 2 aliphatic heterocycles. The van der Waals surface area contributed by atoms with Crippen molar-refractivity contribution in [3.63, 3.8) is 0 Å². The smallest absolute Gasteiger partial charge is 0.265 e. The highest BCUT2D eigenvalue weighted by atomic mass is 32.2. The Balaban J connectivity index is 1.54. The Hall–Kier alpha value is -2.91. The van der Waals surface area contributed by atoms with E-state index in [9.17, 15) is 18.0 Å². The molecule has 0 aliphatic carbocycles. The van der Waals surface area contributed by atoms with Crippen molar-refractivity contribution in [2.45, 2.75) is 51.5 Å². The van der Waals surface area contributed by atoms with Crippen LogP contribution in [0.3, 0.4) is 0 Å². The van der Waals surface area contributed by atoms with Crippen molar-refractivity contribution in [3.05, 3.63) is 47.0 Å². The van der Waals surface area contributed by atoms with Crippen LogP contribution < -0.4 is 15.4 Å². The average molecular weight is 472 g/mol. The van der Waals surface area contributed by atoms with Crippen LogP contribution in [0.4, 0.5) is 11.4 Å². The quantitative estimate of drug-likeness (QED) is 0.711. The number of sulfonamides is 1. The molecule has 0 aromatic heterocycles. The molecule has 33 heavy (non-hydrogen) atoms. The van der Waals surface area contributed by atoms with E-state index < -0.39 is 22.0 Å². The average Bonchev–Trinajstić information content (AvgIpc) is 2.76. The number of amides is 2. The van der Waals surface area contributed by atoms with Gasteiger partial charge in [0, 0.05) is 24.8 Å². The molecular formula is C24H29N3O5S. The lowest BCUT2D eigenvalue weighted by atomic mass is 9.98. The zero-order valence-corrected chi connectivity index (χ0v) is 20.1. The fourth-order valence-electron chi connectivity index (χ4n) is 4.32. The zero-order chi connectivity index (χ0) is 23.9. The molecule has 4 rings (SSSR count). The van der Waals surface area contributed by atoms with E-state index in [1.165, 1.54) is 10.4 Å². The molecule has 1 saturated heterocycles. The first kappa shape index (κ1) is 23.3. The van der Waals surface area contributed by atoms with Gasteiger partial charge in [0.2, 0.25) is 15.9 Å². The lowest BCUT2D eigenvalue weighted by molar-refractivity contribution is -0.123. The normalized spacial score (nSPS) is 21.0. The van der Waals surface area contributed by atoms with Crippen LogP contribution in [0.25, 0.3) is 0 Å². The Morgan fingerprint density at radius 1 is 1.15 bits per heavy atom. The molecule has 2 heterocycles. The second kappa shape index (κ2) is 8.79. The molecular weight excluding hydrogens is 442 g/mol. The third-order valence-corrected chi connectivity index (χ3v) is 8.23. The molecule has 0 spiro atoms. The summed E-state index contributed by atoms with van der Waals surface area (Å²) >= 11 is 0. The van der Waals surface area contributed by atoms with E-state index in [2.05, 4.69) is 10.6 Å². The van der Waals surface area contributed by atoms with Gasteiger partial charge in [-0.05, 0) is 63.8 Å². The molecule has 9 heteroatoms. The second-order valence-corrected chi connectivity index (χ2v) is 10.8. The second-order valence-electron chi connectivity index (χ2n) is 8.87. The van der Waals surface area contributed by atoms with Crippen LogP contribution in [0.5, 0.6) is 5.75 Å². The lowest BCUT2D eigenvalue weighted by Gasteiger charge is -2.32. The zero-order valence-electron chi connectivity index (χ0n) is 19.3. The maximum absolute atomic E-state index is 13.5. The number of piperidine rings is 1. The van der Waals surface area contributed by atoms with Crippen molar-refractivity contribution in [1.82, 2.24) is 4.31 Å². The van der Waals surface area contributed by atoms with Gasteiger partial charge in [-0.25, -0.2) is 8.42 Å². The molecule has 0 unspecified atom stereocenters. The lowest BCUT2D eigenvalue weighted by Crippen LogP contribution is -2.44. The molecule has 2 N–H and O–H groups in total. The van der Waals surface area contributed by atoms with Crippen LogP contribution >= 0.6 is 0 Å². The summed E-state index contributed by atoms with van der Waals surface area (Å²) in [4.78, 5) is 24.9. The maximum Gasteiger partial charge on any atom is 0.265 e. The highest BCUT2D eigenvalue weighted by molar-refractivity contribution is 7.89. The summed E-state index contributed by atoms with van der Waals surface area (Å²) in [7, 11) is -3.85. The molecule has 0 radical (unpaired) electrons. The summed E-state index contributed by atoms with van der Waals surface area (Å²) in [5.74, 6) is -0.565. The first-order valence-corrected chi connectivity index (χ1v) is 12.5. The van der Waals surface area contributed by atoms with E-state index in [0.717, 1.165) is 16.8 Å². The molecule has 0 saturated carbocycles. The summed E-state index contributed by atoms with van der Waals surface area (Å²) in [6.45, 7) is 7.68. The molecule has 8 nitrogen and oxygen atoms in total. The number of rotatable bonds is 4. The van der Waals surface area contributed by atoms with Crippen LogP contribution in [0, 0.1) is 26.7 Å². The fourth-order valence-corrected chi connectivity index (χ4v) is 6.07. The third-order valence-electron chi connectivity index (χ3n) is 6.22. The Labute approximate surface area is 194 Å². The number of aryl methyl sites for hydroxylation is 3. The number of carbonyl (C=O) groups is 2. The van der Waals surface area contributed by atoms with Gasteiger partial charge in [0.25, 0.3) is 5.91 Å². The molecule has 2 aliphatic rings. The van der Waals surface area contributed by atoms with E-state index in [4.69, 9.17) is 4.74 Å². The Morgan fingerprint density at radius 2 is 1.91 bits per heavy atom. The van der Waals surface area contributed by atoms with Gasteiger partial charge in [0.15, 0.2) is 6.10 Å². The predicted octanol–water partition coefficient (Wildman–Crippen LogP) is 3.37. The minimum atomic E-state index is -3.85. The molecule has 2 aromatic carbocycles. The summed E-state index contributed by atoms with van der Waals surface area (Å²) in [6.07, 6.45) is 0.514. The van der Waals surface area contributed by atoms with E-state index >= 15 is 0 Å². The minimum absolute atomic E-state index is 0.115. The van der Waals surface area contributed by atoms with Crippen LogP contribution in [0.15, 0.2) is 35.2 Å². The van der Waals surface area contributed by atoms with Crippen molar-refractivity contribution in [2.75, 3.05) is 23.7 Å². The van der Waals surface area contributed by atoms with Crippen LogP contribution in [0.2, 0.25) is 0 Å². The summed E-state index contributed by atoms with van der Waals surface area (Å²) in [5, 5.41) is 5.70. The molecule has 2 atom stereocenters. The highest BCUT2D eigenvalue weighted by Gasteiger charge is 2.35. The van der Waals surface area contributed by atoms with E-state index in [0.29, 0.717) is 36.4 Å². The number of ether oxygens (including phenoxy) is 1. The molecule has 2 aromatic rings. The molecule has 176 valence electrons. The first-order valence-electron chi connectivity index (χ1n) is 11.1. The molecule has 2 amide bonds. The van der Waals surface area contributed by atoms with E-state index in [1.54, 1.807) is 19.9 Å². The Morgan fingerprint density at radius 3 is 2.64 bits per heavy atom. The van der Waals surface area contributed by atoms with Gasteiger partial charge in [-0.3, -0.25) is 9.59 Å². The van der Waals surface area contributed by atoms with E-state index in [1.807, 2.05) is 32.0 Å². The van der Waals surface area contributed by atoms with Gasteiger partial charge in [0.05, 0.1) is 16.5 Å². The van der Waals surface area contributed by atoms with Crippen LogP contribution in [-0.2, 0) is 19.6 Å². The van der Waals surface area contributed by atoms with Crippen molar-refractivity contribution < 1.29 is 22.7 Å². The first-order chi connectivity index (χ1) is 15.6. The van der Waals surface area contributed by atoms with Crippen molar-refractivity contribution in [2.24, 2.45) is 5.92 Å². The summed E-state index contributed by atoms with van der Waals surface area (Å²) in [5.41, 5.74) is 3.78. The summed E-state index contributed by atoms with van der Waals surface area (Å²) < 4.78 is 34.0. The van der Waals surface area contributed by atoms with Gasteiger partial charge in [0.1, 0.15) is 5.75 Å². The van der Waals surface area contributed by atoms with Crippen molar-refractivity contribution in [1.29, 1.82) is 0 Å². The number of anilines is 2. The fraction of sp³-hybridized carbons (Fsp3) is 0.417. The molecule has 1 fully saturated rings. The Bertz CT molecular complexity index is 1220. The molecule has 0 bridgehead atoms. The number of hydrogen-bond donors (Lipinski definition) is 2. The van der Waals surface area contributed by atoms with Gasteiger partial charge >= 0.3 is 0 Å². The van der Waals surface area contributed by atoms with Crippen LogP contribution in [-0.4, -0.2) is 43.7 Å². The number of fused-ring (bicyclic) bond motifs is 1. The largest absolute Gasteiger partial charge is 0.479 e. The van der Waals surface area contributed by atoms with Gasteiger partial charge in [-0.2, -0.15) is 4.31 Å². The topological polar surface area (TPSA) is 105 Å². The number of carbonyl (C=O) groups excluding carboxylic acids is 2. The number of nitrogens with zero attached hydrogens (tertiary/aromatic N) is 1. The van der Waals surface area contributed by atoms with Crippen molar-refractivity contribution >= 4 is 33.2 Å². The third kappa shape index (κ3) is 4.60. The van der Waals surface area contributed by atoms with Crippen molar-refractivity contribution in [3.8, 4) is 5.75 Å². The maximum atomic E-state index is 13.5.